The summed E-state index contributed by atoms with van der Waals surface area (Å²) in [7, 11) is 0. The van der Waals surface area contributed by atoms with Crippen LogP contribution in [0.4, 0.5) is 5.69 Å². The van der Waals surface area contributed by atoms with Crippen molar-refractivity contribution in [2.75, 3.05) is 11.9 Å². The molecule has 6 heteroatoms. The number of carbonyl (C=O) groups excluding carboxylic acids is 2. The summed E-state index contributed by atoms with van der Waals surface area (Å²) < 4.78 is 5.29. The Morgan fingerprint density at radius 1 is 1.50 bits per heavy atom. The van der Waals surface area contributed by atoms with Crippen LogP contribution in [0.5, 0.6) is 5.75 Å². The zero-order valence-corrected chi connectivity index (χ0v) is 11.6. The number of rotatable bonds is 5. The van der Waals surface area contributed by atoms with Crippen molar-refractivity contribution in [3.05, 3.63) is 23.8 Å². The molecule has 1 aliphatic rings. The van der Waals surface area contributed by atoms with Crippen molar-refractivity contribution in [1.29, 1.82) is 0 Å². The molecular formula is C14H19N3O3. The second-order valence-corrected chi connectivity index (χ2v) is 5.17. The van der Waals surface area contributed by atoms with E-state index in [1.54, 1.807) is 6.07 Å². The fourth-order valence-electron chi connectivity index (χ4n) is 2.13. The van der Waals surface area contributed by atoms with Crippen molar-refractivity contribution in [3.8, 4) is 5.75 Å². The molecule has 0 spiro atoms. The van der Waals surface area contributed by atoms with Gasteiger partial charge in [0.05, 0.1) is 11.7 Å². The normalized spacial score (nSPS) is 15.2. The van der Waals surface area contributed by atoms with Crippen molar-refractivity contribution in [2.24, 2.45) is 11.7 Å². The molecule has 0 saturated heterocycles. The van der Waals surface area contributed by atoms with Crippen LogP contribution in [0.2, 0.25) is 0 Å². The average molecular weight is 277 g/mol. The van der Waals surface area contributed by atoms with Crippen LogP contribution in [0, 0.1) is 5.92 Å². The van der Waals surface area contributed by atoms with E-state index >= 15 is 0 Å². The molecule has 0 fully saturated rings. The summed E-state index contributed by atoms with van der Waals surface area (Å²) in [6.45, 7) is 4.41. The fraction of sp³-hybridized carbons (Fsp3) is 0.429. The topological polar surface area (TPSA) is 93.4 Å². The monoisotopic (exact) mass is 277 g/mol. The second kappa shape index (κ2) is 5.92. The number of amides is 2. The first-order valence-electron chi connectivity index (χ1n) is 6.55. The molecule has 1 aromatic carbocycles. The Hall–Kier alpha value is -2.08. The molecule has 6 nitrogen and oxygen atoms in total. The molecule has 4 N–H and O–H groups in total. The lowest BCUT2D eigenvalue weighted by Crippen LogP contribution is -2.44. The molecule has 1 unspecified atom stereocenters. The lowest BCUT2D eigenvalue weighted by Gasteiger charge is -2.21. The number of benzene rings is 1. The van der Waals surface area contributed by atoms with Gasteiger partial charge in [-0.25, -0.2) is 0 Å². The number of hydrogen-bond donors (Lipinski definition) is 3. The highest BCUT2D eigenvalue weighted by Gasteiger charge is 2.19. The minimum absolute atomic E-state index is 0.0433. The lowest BCUT2D eigenvalue weighted by atomic mass is 10.0. The van der Waals surface area contributed by atoms with Crippen molar-refractivity contribution in [3.63, 3.8) is 0 Å². The summed E-state index contributed by atoms with van der Waals surface area (Å²) in [5.74, 6) is 0.242. The van der Waals surface area contributed by atoms with Crippen LogP contribution in [0.25, 0.3) is 0 Å². The molecule has 0 saturated carbocycles. The Kier molecular flexibility index (Phi) is 4.24. The fourth-order valence-corrected chi connectivity index (χ4v) is 2.13. The van der Waals surface area contributed by atoms with Crippen LogP contribution in [-0.4, -0.2) is 24.5 Å². The number of hydrogen-bond acceptors (Lipinski definition) is 4. The van der Waals surface area contributed by atoms with Gasteiger partial charge in [-0.2, -0.15) is 0 Å². The Bertz CT molecular complexity index is 528. The van der Waals surface area contributed by atoms with E-state index in [-0.39, 0.29) is 30.4 Å². The lowest BCUT2D eigenvalue weighted by molar-refractivity contribution is -0.121. The highest BCUT2D eigenvalue weighted by atomic mass is 16.5. The summed E-state index contributed by atoms with van der Waals surface area (Å²) in [6, 6.07) is 5.15. The molecule has 2 amide bonds. The average Bonchev–Trinajstić information content (AvgIpc) is 2.37. The van der Waals surface area contributed by atoms with Crippen LogP contribution in [0.1, 0.15) is 19.4 Å². The number of anilines is 1. The van der Waals surface area contributed by atoms with Gasteiger partial charge in [-0.3, -0.25) is 9.59 Å². The van der Waals surface area contributed by atoms with E-state index in [0.717, 1.165) is 5.56 Å². The van der Waals surface area contributed by atoms with Gasteiger partial charge in [0, 0.05) is 6.54 Å². The molecule has 1 atom stereocenters. The Morgan fingerprint density at radius 2 is 2.25 bits per heavy atom. The van der Waals surface area contributed by atoms with E-state index in [2.05, 4.69) is 10.6 Å². The maximum atomic E-state index is 11.3. The van der Waals surface area contributed by atoms with Crippen LogP contribution in [0.15, 0.2) is 18.2 Å². The first-order valence-corrected chi connectivity index (χ1v) is 6.55. The van der Waals surface area contributed by atoms with Gasteiger partial charge in [0.15, 0.2) is 6.61 Å². The standard InChI is InChI=1S/C14H19N3O3/c1-8(2)13(14(15)19)16-6-9-3-4-11-10(5-9)17-12(18)7-20-11/h3-5,8,13,16H,6-7H2,1-2H3,(H2,15,19)(H,17,18). The molecule has 1 heterocycles. The van der Waals surface area contributed by atoms with Crippen LogP contribution in [-0.2, 0) is 16.1 Å². The molecule has 0 bridgehead atoms. The van der Waals surface area contributed by atoms with Gasteiger partial charge in [-0.1, -0.05) is 19.9 Å². The highest BCUT2D eigenvalue weighted by Crippen LogP contribution is 2.28. The van der Waals surface area contributed by atoms with Gasteiger partial charge in [0.25, 0.3) is 5.91 Å². The minimum Gasteiger partial charge on any atom is -0.482 e. The summed E-state index contributed by atoms with van der Waals surface area (Å²) in [6.07, 6.45) is 0. The number of carbonyl (C=O) groups is 2. The molecule has 1 aliphatic heterocycles. The second-order valence-electron chi connectivity index (χ2n) is 5.17. The van der Waals surface area contributed by atoms with Crippen molar-refractivity contribution in [1.82, 2.24) is 5.32 Å². The molecule has 2 rings (SSSR count). The number of fused-ring (bicyclic) bond motifs is 1. The number of primary amides is 1. The minimum atomic E-state index is -0.378. The third-order valence-corrected chi connectivity index (χ3v) is 3.18. The van der Waals surface area contributed by atoms with E-state index in [1.807, 2.05) is 26.0 Å². The molecule has 20 heavy (non-hydrogen) atoms. The molecule has 108 valence electrons. The molecule has 0 aromatic heterocycles. The first kappa shape index (κ1) is 14.3. The summed E-state index contributed by atoms with van der Waals surface area (Å²) in [5, 5.41) is 5.87. The predicted octanol–water partition coefficient (Wildman–Crippen LogP) is 0.617. The number of nitrogens with one attached hydrogen (secondary N) is 2. The van der Waals surface area contributed by atoms with Gasteiger partial charge in [0.1, 0.15) is 5.75 Å². The quantitative estimate of drug-likeness (QED) is 0.735. The van der Waals surface area contributed by atoms with E-state index < -0.39 is 0 Å². The molecule has 1 aromatic rings. The smallest absolute Gasteiger partial charge is 0.262 e. The van der Waals surface area contributed by atoms with Gasteiger partial charge >= 0.3 is 0 Å². The molecule has 0 aliphatic carbocycles. The highest BCUT2D eigenvalue weighted by molar-refractivity contribution is 5.95. The van der Waals surface area contributed by atoms with Gasteiger partial charge in [0.2, 0.25) is 5.91 Å². The number of nitrogens with two attached hydrogens (primary N) is 1. The Balaban J connectivity index is 2.05. The predicted molar refractivity (Wildman–Crippen MR) is 75.2 cm³/mol. The molecular weight excluding hydrogens is 258 g/mol. The van der Waals surface area contributed by atoms with Crippen molar-refractivity contribution >= 4 is 17.5 Å². The summed E-state index contributed by atoms with van der Waals surface area (Å²) >= 11 is 0. The molecule has 0 radical (unpaired) electrons. The maximum absolute atomic E-state index is 11.3. The summed E-state index contributed by atoms with van der Waals surface area (Å²) in [5.41, 5.74) is 6.95. The van der Waals surface area contributed by atoms with E-state index in [4.69, 9.17) is 10.5 Å². The largest absolute Gasteiger partial charge is 0.482 e. The Morgan fingerprint density at radius 3 is 2.90 bits per heavy atom. The van der Waals surface area contributed by atoms with E-state index in [9.17, 15) is 9.59 Å². The van der Waals surface area contributed by atoms with Gasteiger partial charge < -0.3 is 21.1 Å². The third-order valence-electron chi connectivity index (χ3n) is 3.18. The number of ether oxygens (including phenoxy) is 1. The summed E-state index contributed by atoms with van der Waals surface area (Å²) in [4.78, 5) is 22.6. The Labute approximate surface area is 117 Å². The van der Waals surface area contributed by atoms with Crippen LogP contribution < -0.4 is 21.1 Å². The van der Waals surface area contributed by atoms with Crippen molar-refractivity contribution in [2.45, 2.75) is 26.4 Å². The van der Waals surface area contributed by atoms with Gasteiger partial charge in [-0.15, -0.1) is 0 Å². The maximum Gasteiger partial charge on any atom is 0.262 e. The zero-order valence-electron chi connectivity index (χ0n) is 11.6. The first-order chi connectivity index (χ1) is 9.47. The van der Waals surface area contributed by atoms with E-state index in [1.165, 1.54) is 0 Å². The van der Waals surface area contributed by atoms with Gasteiger partial charge in [-0.05, 0) is 23.6 Å². The van der Waals surface area contributed by atoms with E-state index in [0.29, 0.717) is 18.0 Å². The zero-order chi connectivity index (χ0) is 14.7. The third kappa shape index (κ3) is 3.27. The van der Waals surface area contributed by atoms with Crippen LogP contribution in [0.3, 0.4) is 0 Å². The van der Waals surface area contributed by atoms with Crippen molar-refractivity contribution < 1.29 is 14.3 Å². The SMILES string of the molecule is CC(C)C(NCc1ccc2c(c1)NC(=O)CO2)C(N)=O. The van der Waals surface area contributed by atoms with Crippen LogP contribution >= 0.6 is 0 Å².